The van der Waals surface area contributed by atoms with Gasteiger partial charge in [0, 0.05) is 11.0 Å². The van der Waals surface area contributed by atoms with Gasteiger partial charge in [0.25, 0.3) is 5.56 Å². The van der Waals surface area contributed by atoms with Gasteiger partial charge in [-0.3, -0.25) is 14.2 Å². The van der Waals surface area contributed by atoms with E-state index in [4.69, 9.17) is 0 Å². The highest BCUT2D eigenvalue weighted by molar-refractivity contribution is 9.10. The number of hydrogen-bond acceptors (Lipinski definition) is 4. The molecule has 0 radical (unpaired) electrons. The first kappa shape index (κ1) is 18.6. The summed E-state index contributed by atoms with van der Waals surface area (Å²) in [5.74, 6) is -0.881. The number of nitrogens with one attached hydrogen (secondary N) is 1. The molecular formula is C18H15BrFN3O2S. The van der Waals surface area contributed by atoms with Gasteiger partial charge >= 0.3 is 0 Å². The number of rotatable bonds is 5. The van der Waals surface area contributed by atoms with Crippen molar-refractivity contribution in [3.63, 3.8) is 0 Å². The summed E-state index contributed by atoms with van der Waals surface area (Å²) in [4.78, 5) is 29.2. The zero-order chi connectivity index (χ0) is 18.7. The van der Waals surface area contributed by atoms with Crippen LogP contribution in [0.25, 0.3) is 10.9 Å². The molecule has 8 heteroatoms. The van der Waals surface area contributed by atoms with E-state index in [-0.39, 0.29) is 22.9 Å². The lowest BCUT2D eigenvalue weighted by molar-refractivity contribution is -0.113. The fourth-order valence-corrected chi connectivity index (χ4v) is 3.64. The summed E-state index contributed by atoms with van der Waals surface area (Å²) in [7, 11) is 0. The van der Waals surface area contributed by atoms with Gasteiger partial charge in [-0.05, 0) is 37.3 Å². The predicted molar refractivity (Wildman–Crippen MR) is 105 cm³/mol. The van der Waals surface area contributed by atoms with E-state index >= 15 is 0 Å². The lowest BCUT2D eigenvalue weighted by Crippen LogP contribution is -2.23. The van der Waals surface area contributed by atoms with Gasteiger partial charge in [-0.15, -0.1) is 0 Å². The zero-order valence-electron chi connectivity index (χ0n) is 13.8. The third kappa shape index (κ3) is 3.96. The maximum atomic E-state index is 13.8. The molecular weight excluding hydrogens is 421 g/mol. The third-order valence-electron chi connectivity index (χ3n) is 3.68. The van der Waals surface area contributed by atoms with E-state index in [0.717, 1.165) is 11.8 Å². The number of hydrogen-bond donors (Lipinski definition) is 1. The molecule has 0 saturated carbocycles. The van der Waals surface area contributed by atoms with Gasteiger partial charge in [-0.25, -0.2) is 9.37 Å². The summed E-state index contributed by atoms with van der Waals surface area (Å²) < 4.78 is 15.9. The maximum Gasteiger partial charge on any atom is 0.262 e. The van der Waals surface area contributed by atoms with Crippen LogP contribution in [0, 0.1) is 5.82 Å². The highest BCUT2D eigenvalue weighted by atomic mass is 79.9. The van der Waals surface area contributed by atoms with Crippen LogP contribution in [-0.4, -0.2) is 21.2 Å². The number of anilines is 1. The quantitative estimate of drug-likeness (QED) is 0.484. The first-order chi connectivity index (χ1) is 12.5. The average molecular weight is 436 g/mol. The summed E-state index contributed by atoms with van der Waals surface area (Å²) in [5, 5.41) is 3.53. The van der Waals surface area contributed by atoms with Gasteiger partial charge < -0.3 is 5.32 Å². The molecule has 0 spiro atoms. The monoisotopic (exact) mass is 435 g/mol. The number of fused-ring (bicyclic) bond motifs is 1. The summed E-state index contributed by atoms with van der Waals surface area (Å²) in [6.07, 6.45) is 0. The van der Waals surface area contributed by atoms with Crippen molar-refractivity contribution >= 4 is 50.2 Å². The third-order valence-corrected chi connectivity index (χ3v) is 5.15. The number of aromatic nitrogens is 2. The molecule has 0 unspecified atom stereocenters. The highest BCUT2D eigenvalue weighted by Crippen LogP contribution is 2.21. The van der Waals surface area contributed by atoms with Crippen LogP contribution in [0.15, 0.2) is 56.9 Å². The van der Waals surface area contributed by atoms with Crippen LogP contribution in [0.4, 0.5) is 10.1 Å². The molecule has 1 aromatic heterocycles. The normalized spacial score (nSPS) is 10.9. The Morgan fingerprint density at radius 2 is 2.08 bits per heavy atom. The van der Waals surface area contributed by atoms with E-state index in [0.29, 0.717) is 27.1 Å². The van der Waals surface area contributed by atoms with Crippen molar-refractivity contribution in [3.05, 3.63) is 63.1 Å². The van der Waals surface area contributed by atoms with Crippen molar-refractivity contribution in [2.75, 3.05) is 11.1 Å². The fourth-order valence-electron chi connectivity index (χ4n) is 2.44. The molecule has 134 valence electrons. The topological polar surface area (TPSA) is 64.0 Å². The number of para-hydroxylation sites is 1. The number of thioether (sulfide) groups is 1. The number of halogens is 2. The SMILES string of the molecule is CCn1c(SCC(=O)Nc2ccc(Br)cc2F)nc2ccccc2c1=O. The second kappa shape index (κ2) is 8.01. The average Bonchev–Trinajstić information content (AvgIpc) is 2.62. The Morgan fingerprint density at radius 3 is 2.81 bits per heavy atom. The standard InChI is InChI=1S/C18H15BrFN3O2S/c1-2-23-17(25)12-5-3-4-6-14(12)22-18(23)26-10-16(24)21-15-8-7-11(19)9-13(15)20/h3-9H,2,10H2,1H3,(H,21,24). The summed E-state index contributed by atoms with van der Waals surface area (Å²) in [6, 6.07) is 11.5. The minimum atomic E-state index is -0.521. The van der Waals surface area contributed by atoms with E-state index in [2.05, 4.69) is 26.2 Å². The molecule has 1 amide bonds. The van der Waals surface area contributed by atoms with Crippen LogP contribution in [0.3, 0.4) is 0 Å². The molecule has 0 aliphatic heterocycles. The van der Waals surface area contributed by atoms with Crippen LogP contribution in [0.2, 0.25) is 0 Å². The van der Waals surface area contributed by atoms with Crippen LogP contribution >= 0.6 is 27.7 Å². The molecule has 0 aliphatic carbocycles. The molecule has 26 heavy (non-hydrogen) atoms. The van der Waals surface area contributed by atoms with Gasteiger partial charge in [0.15, 0.2) is 5.16 Å². The van der Waals surface area contributed by atoms with Crippen LogP contribution in [0.5, 0.6) is 0 Å². The van der Waals surface area contributed by atoms with E-state index in [1.165, 1.54) is 16.7 Å². The molecule has 3 rings (SSSR count). The molecule has 1 N–H and O–H groups in total. The Balaban J connectivity index is 1.78. The van der Waals surface area contributed by atoms with Gasteiger partial charge in [-0.2, -0.15) is 0 Å². The van der Waals surface area contributed by atoms with Crippen molar-refractivity contribution < 1.29 is 9.18 Å². The highest BCUT2D eigenvalue weighted by Gasteiger charge is 2.13. The first-order valence-corrected chi connectivity index (χ1v) is 9.64. The van der Waals surface area contributed by atoms with Crippen molar-refractivity contribution in [1.82, 2.24) is 9.55 Å². The van der Waals surface area contributed by atoms with Gasteiger partial charge in [0.1, 0.15) is 5.82 Å². The largest absolute Gasteiger partial charge is 0.323 e. The molecule has 2 aromatic carbocycles. The molecule has 5 nitrogen and oxygen atoms in total. The zero-order valence-corrected chi connectivity index (χ0v) is 16.2. The van der Waals surface area contributed by atoms with Crippen molar-refractivity contribution in [1.29, 1.82) is 0 Å². The van der Waals surface area contributed by atoms with Crippen LogP contribution < -0.4 is 10.9 Å². The Labute approximate surface area is 161 Å². The minimum absolute atomic E-state index is 0.0142. The molecule has 0 aliphatic rings. The van der Waals surface area contributed by atoms with Gasteiger partial charge in [0.05, 0.1) is 22.3 Å². The van der Waals surface area contributed by atoms with E-state index < -0.39 is 5.82 Å². The Bertz CT molecular complexity index is 1040. The van der Waals surface area contributed by atoms with Crippen molar-refractivity contribution in [2.24, 2.45) is 0 Å². The van der Waals surface area contributed by atoms with Gasteiger partial charge in [0.2, 0.25) is 5.91 Å². The number of carbonyl (C=O) groups excluding carboxylic acids is 1. The molecule has 0 atom stereocenters. The first-order valence-electron chi connectivity index (χ1n) is 7.87. The molecule has 0 saturated heterocycles. The number of nitrogens with zero attached hydrogens (tertiary/aromatic N) is 2. The van der Waals surface area contributed by atoms with Crippen LogP contribution in [0.1, 0.15) is 6.92 Å². The second-order valence-electron chi connectivity index (χ2n) is 5.42. The summed E-state index contributed by atoms with van der Waals surface area (Å²) >= 11 is 4.31. The lowest BCUT2D eigenvalue weighted by Gasteiger charge is -2.11. The van der Waals surface area contributed by atoms with Crippen molar-refractivity contribution in [3.8, 4) is 0 Å². The smallest absolute Gasteiger partial charge is 0.262 e. The number of carbonyl (C=O) groups is 1. The lowest BCUT2D eigenvalue weighted by atomic mass is 10.2. The van der Waals surface area contributed by atoms with E-state index in [1.54, 1.807) is 24.3 Å². The predicted octanol–water partition coefficient (Wildman–Crippen LogP) is 4.05. The Hall–Kier alpha value is -2.19. The summed E-state index contributed by atoms with van der Waals surface area (Å²) in [6.45, 7) is 2.29. The fraction of sp³-hybridized carbons (Fsp3) is 0.167. The molecule has 0 bridgehead atoms. The van der Waals surface area contributed by atoms with Crippen molar-refractivity contribution in [2.45, 2.75) is 18.6 Å². The van der Waals surface area contributed by atoms with Gasteiger partial charge in [-0.1, -0.05) is 39.8 Å². The maximum absolute atomic E-state index is 13.8. The second-order valence-corrected chi connectivity index (χ2v) is 7.28. The Morgan fingerprint density at radius 1 is 1.31 bits per heavy atom. The number of benzene rings is 2. The molecule has 3 aromatic rings. The molecule has 0 fully saturated rings. The minimum Gasteiger partial charge on any atom is -0.323 e. The Kier molecular flexibility index (Phi) is 5.73. The number of amides is 1. The van der Waals surface area contributed by atoms with E-state index in [1.807, 2.05) is 13.0 Å². The van der Waals surface area contributed by atoms with Crippen LogP contribution in [-0.2, 0) is 11.3 Å². The molecule has 1 heterocycles. The summed E-state index contributed by atoms with van der Waals surface area (Å²) in [5.41, 5.74) is 0.558. The van der Waals surface area contributed by atoms with E-state index in [9.17, 15) is 14.0 Å².